The molecule has 3 nitrogen and oxygen atoms in total. The lowest BCUT2D eigenvalue weighted by Gasteiger charge is -2.24. The number of hydrogen-bond donors (Lipinski definition) is 0. The molecular formula is C17H28N2O. The molecule has 2 heterocycles. The molecule has 2 rings (SSSR count). The third-order valence-corrected chi connectivity index (χ3v) is 4.27. The molecule has 1 aliphatic heterocycles. The number of rotatable bonds is 5. The second kappa shape index (κ2) is 6.68. The Kier molecular flexibility index (Phi) is 5.17. The van der Waals surface area contributed by atoms with Crippen molar-refractivity contribution in [3.8, 4) is 0 Å². The number of pyridine rings is 1. The van der Waals surface area contributed by atoms with Crippen molar-refractivity contribution in [2.24, 2.45) is 0 Å². The summed E-state index contributed by atoms with van der Waals surface area (Å²) >= 11 is 0. The molecule has 1 fully saturated rings. The van der Waals surface area contributed by atoms with Gasteiger partial charge < -0.3 is 4.74 Å². The maximum atomic E-state index is 5.56. The molecule has 0 aliphatic carbocycles. The first-order valence-electron chi connectivity index (χ1n) is 7.76. The number of aromatic nitrogens is 1. The molecule has 1 aromatic heterocycles. The predicted molar refractivity (Wildman–Crippen MR) is 83.1 cm³/mol. The molecule has 1 saturated heterocycles. The molecule has 3 heteroatoms. The summed E-state index contributed by atoms with van der Waals surface area (Å²) in [6, 6.07) is 5.01. The van der Waals surface area contributed by atoms with Crippen LogP contribution in [0.3, 0.4) is 0 Å². The van der Waals surface area contributed by atoms with Gasteiger partial charge in [0.1, 0.15) is 0 Å². The van der Waals surface area contributed by atoms with Crippen LogP contribution in [0.2, 0.25) is 0 Å². The Balaban J connectivity index is 2.29. The highest BCUT2D eigenvalue weighted by Crippen LogP contribution is 2.29. The largest absolute Gasteiger partial charge is 0.381 e. The van der Waals surface area contributed by atoms with Crippen LogP contribution in [0, 0.1) is 0 Å². The summed E-state index contributed by atoms with van der Waals surface area (Å²) in [5, 5.41) is 0. The standard InChI is InChI=1S/C17H28N2O/c1-12(2)16-7-6-15(14-8-9-20-11-14)17(18-16)10-19(5)13(3)4/h6-7,12-14H,8-11H2,1-5H3/t14-/m1/s1. The van der Waals surface area contributed by atoms with Gasteiger partial charge in [-0.3, -0.25) is 9.88 Å². The van der Waals surface area contributed by atoms with E-state index in [1.165, 1.54) is 17.0 Å². The van der Waals surface area contributed by atoms with E-state index in [0.717, 1.165) is 26.2 Å². The zero-order valence-corrected chi connectivity index (χ0v) is 13.5. The third-order valence-electron chi connectivity index (χ3n) is 4.27. The first kappa shape index (κ1) is 15.5. The van der Waals surface area contributed by atoms with Gasteiger partial charge in [-0.15, -0.1) is 0 Å². The Morgan fingerprint density at radius 1 is 1.30 bits per heavy atom. The number of nitrogens with zero attached hydrogens (tertiary/aromatic N) is 2. The summed E-state index contributed by atoms with van der Waals surface area (Å²) in [6.07, 6.45) is 1.13. The van der Waals surface area contributed by atoms with Gasteiger partial charge >= 0.3 is 0 Å². The average molecular weight is 276 g/mol. The average Bonchev–Trinajstić information content (AvgIpc) is 2.92. The Morgan fingerprint density at radius 2 is 2.05 bits per heavy atom. The summed E-state index contributed by atoms with van der Waals surface area (Å²) in [6.45, 7) is 11.5. The fourth-order valence-corrected chi connectivity index (χ4v) is 2.55. The van der Waals surface area contributed by atoms with Crippen LogP contribution >= 0.6 is 0 Å². The van der Waals surface area contributed by atoms with Crippen LogP contribution < -0.4 is 0 Å². The van der Waals surface area contributed by atoms with E-state index in [2.05, 4.69) is 51.8 Å². The fourth-order valence-electron chi connectivity index (χ4n) is 2.55. The van der Waals surface area contributed by atoms with E-state index in [-0.39, 0.29) is 0 Å². The fraction of sp³-hybridized carbons (Fsp3) is 0.706. The van der Waals surface area contributed by atoms with Gasteiger partial charge in [0.25, 0.3) is 0 Å². The Labute approximate surface area is 123 Å². The van der Waals surface area contributed by atoms with Gasteiger partial charge in [0.2, 0.25) is 0 Å². The molecule has 1 atom stereocenters. The molecule has 20 heavy (non-hydrogen) atoms. The van der Waals surface area contributed by atoms with Gasteiger partial charge in [0, 0.05) is 30.8 Å². The van der Waals surface area contributed by atoms with E-state index in [0.29, 0.717) is 17.9 Å². The zero-order valence-electron chi connectivity index (χ0n) is 13.5. The molecule has 1 aliphatic rings. The maximum Gasteiger partial charge on any atom is 0.0583 e. The van der Waals surface area contributed by atoms with Crippen molar-refractivity contribution in [1.82, 2.24) is 9.88 Å². The van der Waals surface area contributed by atoms with Crippen molar-refractivity contribution in [3.63, 3.8) is 0 Å². The molecule has 0 radical (unpaired) electrons. The van der Waals surface area contributed by atoms with E-state index >= 15 is 0 Å². The van der Waals surface area contributed by atoms with Gasteiger partial charge in [0.05, 0.1) is 12.3 Å². The van der Waals surface area contributed by atoms with Crippen LogP contribution in [0.25, 0.3) is 0 Å². The summed E-state index contributed by atoms with van der Waals surface area (Å²) in [5.41, 5.74) is 3.82. The molecule has 0 aromatic carbocycles. The lowest BCUT2D eigenvalue weighted by Crippen LogP contribution is -2.27. The van der Waals surface area contributed by atoms with Crippen LogP contribution in [-0.2, 0) is 11.3 Å². The number of hydrogen-bond acceptors (Lipinski definition) is 3. The second-order valence-electron chi connectivity index (χ2n) is 6.50. The minimum absolute atomic E-state index is 0.479. The van der Waals surface area contributed by atoms with Gasteiger partial charge in [-0.1, -0.05) is 19.9 Å². The highest BCUT2D eigenvalue weighted by Gasteiger charge is 2.22. The summed E-state index contributed by atoms with van der Waals surface area (Å²) in [5.74, 6) is 1.01. The Morgan fingerprint density at radius 3 is 2.60 bits per heavy atom. The van der Waals surface area contributed by atoms with E-state index in [9.17, 15) is 0 Å². The van der Waals surface area contributed by atoms with Gasteiger partial charge in [0.15, 0.2) is 0 Å². The molecule has 1 aromatic rings. The lowest BCUT2D eigenvalue weighted by molar-refractivity contribution is 0.193. The highest BCUT2D eigenvalue weighted by atomic mass is 16.5. The van der Waals surface area contributed by atoms with Crippen LogP contribution in [-0.4, -0.2) is 36.2 Å². The normalized spacial score (nSPS) is 19.5. The summed E-state index contributed by atoms with van der Waals surface area (Å²) < 4.78 is 5.56. The summed E-state index contributed by atoms with van der Waals surface area (Å²) in [4.78, 5) is 7.29. The van der Waals surface area contributed by atoms with Crippen LogP contribution in [0.5, 0.6) is 0 Å². The van der Waals surface area contributed by atoms with Crippen molar-refractivity contribution < 1.29 is 4.74 Å². The second-order valence-corrected chi connectivity index (χ2v) is 6.50. The SMILES string of the molecule is CC(C)c1ccc([C@@H]2CCOC2)c(CN(C)C(C)C)n1. The quantitative estimate of drug-likeness (QED) is 0.822. The minimum atomic E-state index is 0.479. The minimum Gasteiger partial charge on any atom is -0.381 e. The van der Waals surface area contributed by atoms with Crippen molar-refractivity contribution in [1.29, 1.82) is 0 Å². The topological polar surface area (TPSA) is 25.4 Å². The van der Waals surface area contributed by atoms with Crippen molar-refractivity contribution >= 4 is 0 Å². The summed E-state index contributed by atoms with van der Waals surface area (Å²) in [7, 11) is 2.17. The highest BCUT2D eigenvalue weighted by molar-refractivity contribution is 5.28. The molecule has 112 valence electrons. The Hall–Kier alpha value is -0.930. The molecule has 0 N–H and O–H groups in total. The van der Waals surface area contributed by atoms with Crippen LogP contribution in [0.4, 0.5) is 0 Å². The van der Waals surface area contributed by atoms with E-state index in [4.69, 9.17) is 9.72 Å². The van der Waals surface area contributed by atoms with Crippen molar-refractivity contribution in [3.05, 3.63) is 29.1 Å². The van der Waals surface area contributed by atoms with Gasteiger partial charge in [-0.2, -0.15) is 0 Å². The predicted octanol–water partition coefficient (Wildman–Crippen LogP) is 3.55. The van der Waals surface area contributed by atoms with E-state index in [1.807, 2.05) is 0 Å². The van der Waals surface area contributed by atoms with Crippen molar-refractivity contribution in [2.75, 3.05) is 20.3 Å². The van der Waals surface area contributed by atoms with Gasteiger partial charge in [-0.25, -0.2) is 0 Å². The smallest absolute Gasteiger partial charge is 0.0583 e. The van der Waals surface area contributed by atoms with E-state index in [1.54, 1.807) is 0 Å². The maximum absolute atomic E-state index is 5.56. The molecule has 0 amide bonds. The lowest BCUT2D eigenvalue weighted by atomic mass is 9.95. The van der Waals surface area contributed by atoms with Crippen molar-refractivity contribution in [2.45, 2.75) is 58.5 Å². The molecule has 0 unspecified atom stereocenters. The van der Waals surface area contributed by atoms with Gasteiger partial charge in [-0.05, 0) is 44.9 Å². The molecule has 0 saturated carbocycles. The first-order chi connectivity index (χ1) is 9.49. The third kappa shape index (κ3) is 3.58. The van der Waals surface area contributed by atoms with E-state index < -0.39 is 0 Å². The molecule has 0 spiro atoms. The number of ether oxygens (including phenoxy) is 1. The van der Waals surface area contributed by atoms with Crippen LogP contribution in [0.1, 0.15) is 62.9 Å². The first-order valence-corrected chi connectivity index (χ1v) is 7.76. The zero-order chi connectivity index (χ0) is 14.7. The Bertz CT molecular complexity index is 437. The molecule has 0 bridgehead atoms. The molecular weight excluding hydrogens is 248 g/mol. The monoisotopic (exact) mass is 276 g/mol. The van der Waals surface area contributed by atoms with Crippen LogP contribution in [0.15, 0.2) is 12.1 Å².